The van der Waals surface area contributed by atoms with Crippen molar-refractivity contribution in [3.63, 3.8) is 0 Å². The second kappa shape index (κ2) is 12.3. The molecule has 0 saturated carbocycles. The third kappa shape index (κ3) is 6.16. The monoisotopic (exact) mass is 511 g/mol. The van der Waals surface area contributed by atoms with Gasteiger partial charge in [-0.1, -0.05) is 32.0 Å². The first kappa shape index (κ1) is 26.8. The SMILES string of the molecule is CCC(CC)Oc1ccc(C(c2ccc(C#N)cc2)N2CCC(NC(=O)c3ccc(C#N)cc3F)C2)cn1. The van der Waals surface area contributed by atoms with E-state index in [1.54, 1.807) is 12.1 Å². The van der Waals surface area contributed by atoms with E-state index in [1.165, 1.54) is 12.1 Å². The van der Waals surface area contributed by atoms with Crippen molar-refractivity contribution in [1.82, 2.24) is 15.2 Å². The lowest BCUT2D eigenvalue weighted by Crippen LogP contribution is -2.38. The smallest absolute Gasteiger partial charge is 0.254 e. The minimum absolute atomic E-state index is 0.0802. The Balaban J connectivity index is 1.53. The van der Waals surface area contributed by atoms with Crippen LogP contribution in [-0.2, 0) is 0 Å². The lowest BCUT2D eigenvalue weighted by molar-refractivity contribution is 0.0932. The predicted molar refractivity (Wildman–Crippen MR) is 141 cm³/mol. The summed E-state index contributed by atoms with van der Waals surface area (Å²) in [4.78, 5) is 19.6. The van der Waals surface area contributed by atoms with Gasteiger partial charge in [0.2, 0.25) is 5.88 Å². The number of likely N-dealkylation sites (tertiary alicyclic amines) is 1. The number of benzene rings is 2. The number of amides is 1. The first-order valence-corrected chi connectivity index (χ1v) is 12.8. The van der Waals surface area contributed by atoms with E-state index in [0.29, 0.717) is 31.0 Å². The quantitative estimate of drug-likeness (QED) is 0.428. The molecule has 1 aliphatic rings. The number of nitrogens with zero attached hydrogens (tertiary/aromatic N) is 4. The fourth-order valence-electron chi connectivity index (χ4n) is 4.77. The highest BCUT2D eigenvalue weighted by Gasteiger charge is 2.32. The van der Waals surface area contributed by atoms with Crippen molar-refractivity contribution in [2.75, 3.05) is 13.1 Å². The number of pyridine rings is 1. The lowest BCUT2D eigenvalue weighted by Gasteiger charge is -2.29. The summed E-state index contributed by atoms with van der Waals surface area (Å²) in [6, 6.07) is 18.9. The Morgan fingerprint density at radius 2 is 1.76 bits per heavy atom. The summed E-state index contributed by atoms with van der Waals surface area (Å²) in [5, 5.41) is 21.1. The first-order valence-electron chi connectivity index (χ1n) is 12.8. The maximum absolute atomic E-state index is 14.4. The van der Waals surface area contributed by atoms with Gasteiger partial charge in [0.1, 0.15) is 5.82 Å². The molecular formula is C30H30FN5O2. The number of nitrogens with one attached hydrogen (secondary N) is 1. The number of hydrogen-bond donors (Lipinski definition) is 1. The maximum atomic E-state index is 14.4. The summed E-state index contributed by atoms with van der Waals surface area (Å²) >= 11 is 0. The zero-order valence-electron chi connectivity index (χ0n) is 21.5. The average molecular weight is 512 g/mol. The van der Waals surface area contributed by atoms with Gasteiger partial charge >= 0.3 is 0 Å². The summed E-state index contributed by atoms with van der Waals surface area (Å²) in [6.07, 6.45) is 4.44. The Hall–Kier alpha value is -4.27. The third-order valence-electron chi connectivity index (χ3n) is 6.89. The molecule has 2 aromatic carbocycles. The number of nitriles is 2. The summed E-state index contributed by atoms with van der Waals surface area (Å²) in [7, 11) is 0. The number of carbonyl (C=O) groups excluding carboxylic acids is 1. The fourth-order valence-corrected chi connectivity index (χ4v) is 4.77. The fraction of sp³-hybridized carbons (Fsp3) is 0.333. The topological polar surface area (TPSA) is 102 Å². The molecule has 1 saturated heterocycles. The van der Waals surface area contributed by atoms with Gasteiger partial charge in [-0.3, -0.25) is 9.69 Å². The van der Waals surface area contributed by atoms with E-state index < -0.39 is 11.7 Å². The normalized spacial score (nSPS) is 16.0. The molecule has 1 aromatic heterocycles. The number of rotatable bonds is 9. The second-order valence-corrected chi connectivity index (χ2v) is 9.38. The minimum Gasteiger partial charge on any atom is -0.474 e. The van der Waals surface area contributed by atoms with Crippen molar-refractivity contribution < 1.29 is 13.9 Å². The molecule has 2 heterocycles. The van der Waals surface area contributed by atoms with Gasteiger partial charge in [0.05, 0.1) is 41.0 Å². The Bertz CT molecular complexity index is 1340. The Morgan fingerprint density at radius 3 is 2.37 bits per heavy atom. The molecule has 3 aromatic rings. The number of hydrogen-bond acceptors (Lipinski definition) is 6. The molecule has 1 amide bonds. The van der Waals surface area contributed by atoms with Crippen LogP contribution in [0.4, 0.5) is 4.39 Å². The highest BCUT2D eigenvalue weighted by molar-refractivity contribution is 5.94. The molecule has 8 heteroatoms. The van der Waals surface area contributed by atoms with Crippen LogP contribution in [0.3, 0.4) is 0 Å². The molecule has 1 N–H and O–H groups in total. The van der Waals surface area contributed by atoms with Crippen LogP contribution in [0.1, 0.15) is 71.8 Å². The van der Waals surface area contributed by atoms with Crippen LogP contribution in [0.15, 0.2) is 60.8 Å². The molecule has 0 bridgehead atoms. The molecule has 0 radical (unpaired) electrons. The molecule has 2 unspecified atom stereocenters. The molecule has 4 rings (SSSR count). The summed E-state index contributed by atoms with van der Waals surface area (Å²) in [5.41, 5.74) is 2.64. The maximum Gasteiger partial charge on any atom is 0.254 e. The van der Waals surface area contributed by atoms with E-state index in [-0.39, 0.29) is 29.3 Å². The molecule has 2 atom stereocenters. The summed E-state index contributed by atoms with van der Waals surface area (Å²) in [5.74, 6) is -0.635. The lowest BCUT2D eigenvalue weighted by atomic mass is 9.97. The van der Waals surface area contributed by atoms with Crippen molar-refractivity contribution in [2.24, 2.45) is 0 Å². The number of halogens is 1. The molecule has 0 aliphatic carbocycles. The molecule has 194 valence electrons. The van der Waals surface area contributed by atoms with Gasteiger partial charge in [-0.2, -0.15) is 10.5 Å². The van der Waals surface area contributed by atoms with Gasteiger partial charge in [-0.15, -0.1) is 0 Å². The van der Waals surface area contributed by atoms with Gasteiger partial charge in [-0.25, -0.2) is 9.37 Å². The van der Waals surface area contributed by atoms with Gasteiger partial charge < -0.3 is 10.1 Å². The van der Waals surface area contributed by atoms with E-state index in [9.17, 15) is 14.4 Å². The Labute approximate surface area is 222 Å². The highest BCUT2D eigenvalue weighted by atomic mass is 19.1. The third-order valence-corrected chi connectivity index (χ3v) is 6.89. The average Bonchev–Trinajstić information content (AvgIpc) is 3.40. The van der Waals surface area contributed by atoms with E-state index in [2.05, 4.69) is 35.1 Å². The van der Waals surface area contributed by atoms with E-state index in [4.69, 9.17) is 10.00 Å². The van der Waals surface area contributed by atoms with Crippen LogP contribution >= 0.6 is 0 Å². The zero-order chi connectivity index (χ0) is 27.1. The van der Waals surface area contributed by atoms with Crippen molar-refractivity contribution in [2.45, 2.75) is 51.3 Å². The van der Waals surface area contributed by atoms with Crippen molar-refractivity contribution >= 4 is 5.91 Å². The van der Waals surface area contributed by atoms with Crippen molar-refractivity contribution in [3.8, 4) is 18.0 Å². The van der Waals surface area contributed by atoms with E-state index in [0.717, 1.165) is 30.0 Å². The van der Waals surface area contributed by atoms with Crippen LogP contribution in [0.5, 0.6) is 5.88 Å². The Morgan fingerprint density at radius 1 is 1.08 bits per heavy atom. The van der Waals surface area contributed by atoms with Crippen LogP contribution in [0, 0.1) is 28.5 Å². The molecule has 1 fully saturated rings. The second-order valence-electron chi connectivity index (χ2n) is 9.38. The Kier molecular flexibility index (Phi) is 8.68. The van der Waals surface area contributed by atoms with Gasteiger partial charge in [0.15, 0.2) is 0 Å². The molecule has 7 nitrogen and oxygen atoms in total. The van der Waals surface area contributed by atoms with Crippen LogP contribution < -0.4 is 10.1 Å². The molecule has 38 heavy (non-hydrogen) atoms. The highest BCUT2D eigenvalue weighted by Crippen LogP contribution is 2.32. The number of ether oxygens (including phenoxy) is 1. The number of carbonyl (C=O) groups is 1. The van der Waals surface area contributed by atoms with Crippen LogP contribution in [0.2, 0.25) is 0 Å². The van der Waals surface area contributed by atoms with Gasteiger partial charge in [-0.05, 0) is 60.7 Å². The standard InChI is InChI=1S/C30H30FN5O2/c1-3-25(4-2)38-28-12-10-23(18-34-28)29(22-8-5-20(16-32)6-9-22)36-14-13-24(19-36)35-30(37)26-11-7-21(17-33)15-27(26)31/h5-12,15,18,24-25,29H,3-4,13-14,19H2,1-2H3,(H,35,37). The van der Waals surface area contributed by atoms with Crippen molar-refractivity contribution in [3.05, 3.63) is 94.4 Å². The summed E-state index contributed by atoms with van der Waals surface area (Å²) in [6.45, 7) is 5.43. The number of aromatic nitrogens is 1. The predicted octanol–water partition coefficient (Wildman–Crippen LogP) is 5.13. The molecule has 1 aliphatic heterocycles. The zero-order valence-corrected chi connectivity index (χ0v) is 21.5. The van der Waals surface area contributed by atoms with E-state index in [1.807, 2.05) is 36.5 Å². The molecular weight excluding hydrogens is 481 g/mol. The first-order chi connectivity index (χ1) is 18.4. The van der Waals surface area contributed by atoms with Crippen LogP contribution in [0.25, 0.3) is 0 Å². The van der Waals surface area contributed by atoms with Gasteiger partial charge in [0, 0.05) is 31.4 Å². The van der Waals surface area contributed by atoms with Crippen LogP contribution in [-0.4, -0.2) is 41.0 Å². The van der Waals surface area contributed by atoms with Gasteiger partial charge in [0.25, 0.3) is 5.91 Å². The van der Waals surface area contributed by atoms with Crippen molar-refractivity contribution in [1.29, 1.82) is 10.5 Å². The minimum atomic E-state index is -0.714. The summed E-state index contributed by atoms with van der Waals surface area (Å²) < 4.78 is 20.3. The van der Waals surface area contributed by atoms with E-state index >= 15 is 0 Å². The molecule has 0 spiro atoms. The largest absolute Gasteiger partial charge is 0.474 e.